The first kappa shape index (κ1) is 20.6. The highest BCUT2D eigenvalue weighted by Crippen LogP contribution is 2.24. The lowest BCUT2D eigenvalue weighted by atomic mass is 9.99. The summed E-state index contributed by atoms with van der Waals surface area (Å²) in [5, 5.41) is 17.4. The molecule has 4 N–H and O–H groups in total. The van der Waals surface area contributed by atoms with Crippen LogP contribution in [0.25, 0.3) is 16.8 Å². The summed E-state index contributed by atoms with van der Waals surface area (Å²) in [5.41, 5.74) is 11.6. The smallest absolute Gasteiger partial charge is 0.251 e. The lowest BCUT2D eigenvalue weighted by molar-refractivity contribution is 0.0942. The molecule has 0 saturated heterocycles. The first-order valence-corrected chi connectivity index (χ1v) is 10.2. The van der Waals surface area contributed by atoms with Crippen LogP contribution in [0.3, 0.4) is 0 Å². The third kappa shape index (κ3) is 4.57. The van der Waals surface area contributed by atoms with Crippen LogP contribution in [0.2, 0.25) is 0 Å². The monoisotopic (exact) mass is 415 g/mol. The van der Waals surface area contributed by atoms with Gasteiger partial charge in [0.25, 0.3) is 5.91 Å². The molecular weight excluding hydrogens is 390 g/mol. The molecule has 1 atom stereocenters. The molecule has 0 radical (unpaired) electrons. The van der Waals surface area contributed by atoms with Crippen LogP contribution in [-0.4, -0.2) is 32.2 Å². The van der Waals surface area contributed by atoms with Crippen molar-refractivity contribution in [1.82, 2.24) is 19.9 Å². The van der Waals surface area contributed by atoms with Gasteiger partial charge in [0.2, 0.25) is 5.95 Å². The van der Waals surface area contributed by atoms with Gasteiger partial charge in [-0.05, 0) is 60.7 Å². The Balaban J connectivity index is 1.45. The number of hydrogen-bond donors (Lipinski definition) is 3. The van der Waals surface area contributed by atoms with Crippen LogP contribution in [0.1, 0.15) is 39.6 Å². The summed E-state index contributed by atoms with van der Waals surface area (Å²) >= 11 is 0. The van der Waals surface area contributed by atoms with E-state index in [1.54, 1.807) is 10.7 Å². The number of carbonyl (C=O) groups excluding carboxylic acids is 1. The number of fused-ring (bicyclic) bond motifs is 1. The van der Waals surface area contributed by atoms with Gasteiger partial charge in [-0.15, -0.1) is 5.10 Å². The van der Waals surface area contributed by atoms with Crippen molar-refractivity contribution in [2.75, 3.05) is 12.3 Å². The number of amides is 1. The summed E-state index contributed by atoms with van der Waals surface area (Å²) in [6, 6.07) is 17.3. The van der Waals surface area contributed by atoms with Crippen molar-refractivity contribution in [2.24, 2.45) is 0 Å². The number of aliphatic hydroxyl groups excluding tert-OH is 1. The van der Waals surface area contributed by atoms with Gasteiger partial charge in [0, 0.05) is 18.3 Å². The van der Waals surface area contributed by atoms with Gasteiger partial charge in [-0.3, -0.25) is 4.79 Å². The Labute approximate surface area is 180 Å². The number of nitrogen functional groups attached to an aromatic ring is 1. The summed E-state index contributed by atoms with van der Waals surface area (Å²) < 4.78 is 1.61. The van der Waals surface area contributed by atoms with Crippen molar-refractivity contribution in [3.05, 3.63) is 83.0 Å². The molecule has 0 aliphatic heterocycles. The summed E-state index contributed by atoms with van der Waals surface area (Å²) in [7, 11) is 0. The number of carbonyl (C=O) groups is 1. The average Bonchev–Trinajstić information content (AvgIpc) is 3.13. The highest BCUT2D eigenvalue weighted by Gasteiger charge is 2.13. The van der Waals surface area contributed by atoms with Gasteiger partial charge in [-0.25, -0.2) is 4.52 Å². The van der Waals surface area contributed by atoms with E-state index in [1.807, 2.05) is 68.4 Å². The van der Waals surface area contributed by atoms with Crippen molar-refractivity contribution in [3.63, 3.8) is 0 Å². The molecule has 2 aromatic heterocycles. The van der Waals surface area contributed by atoms with Crippen molar-refractivity contribution in [2.45, 2.75) is 26.4 Å². The van der Waals surface area contributed by atoms with E-state index in [2.05, 4.69) is 15.4 Å². The fraction of sp³-hybridized carbons (Fsp3) is 0.208. The van der Waals surface area contributed by atoms with Gasteiger partial charge in [-0.2, -0.15) is 4.98 Å². The molecule has 0 aliphatic rings. The molecule has 158 valence electrons. The Morgan fingerprint density at radius 1 is 1.10 bits per heavy atom. The van der Waals surface area contributed by atoms with E-state index in [9.17, 15) is 9.90 Å². The van der Waals surface area contributed by atoms with E-state index in [-0.39, 0.29) is 11.9 Å². The SMILES string of the molecule is Cc1ccc(C(O)CCNC(=O)c2cc(-c3ccn4nc(N)nc4c3)ccc2C)cc1. The minimum absolute atomic E-state index is 0.164. The molecule has 0 bridgehead atoms. The second kappa shape index (κ2) is 8.57. The Hall–Kier alpha value is -3.71. The van der Waals surface area contributed by atoms with Gasteiger partial charge in [0.05, 0.1) is 6.10 Å². The first-order chi connectivity index (χ1) is 14.9. The zero-order chi connectivity index (χ0) is 22.0. The summed E-state index contributed by atoms with van der Waals surface area (Å²) in [5.74, 6) is 0.0530. The fourth-order valence-corrected chi connectivity index (χ4v) is 3.50. The van der Waals surface area contributed by atoms with Crippen LogP contribution >= 0.6 is 0 Å². The third-order valence-corrected chi connectivity index (χ3v) is 5.33. The molecule has 31 heavy (non-hydrogen) atoms. The van der Waals surface area contributed by atoms with Gasteiger partial charge in [0.1, 0.15) is 0 Å². The van der Waals surface area contributed by atoms with Crippen LogP contribution in [0.5, 0.6) is 0 Å². The molecular formula is C24H25N5O2. The maximum Gasteiger partial charge on any atom is 0.251 e. The zero-order valence-electron chi connectivity index (χ0n) is 17.5. The minimum atomic E-state index is -0.615. The lowest BCUT2D eigenvalue weighted by Gasteiger charge is -2.13. The zero-order valence-corrected chi connectivity index (χ0v) is 17.5. The molecule has 7 nitrogen and oxygen atoms in total. The molecule has 1 amide bonds. The number of aromatic nitrogens is 3. The van der Waals surface area contributed by atoms with Crippen molar-refractivity contribution in [3.8, 4) is 11.1 Å². The Morgan fingerprint density at radius 3 is 2.61 bits per heavy atom. The molecule has 0 aliphatic carbocycles. The molecule has 4 rings (SSSR count). The molecule has 1 unspecified atom stereocenters. The minimum Gasteiger partial charge on any atom is -0.388 e. The standard InChI is InChI=1S/C24H25N5O2/c1-15-3-6-17(7-4-15)21(30)9-11-26-23(31)20-13-18(8-5-16(20)2)19-10-12-29-22(14-19)27-24(25)28-29/h3-8,10,12-14,21,30H,9,11H2,1-2H3,(H2,25,28)(H,26,31). The van der Waals surface area contributed by atoms with Gasteiger partial charge in [-0.1, -0.05) is 42.0 Å². The number of benzene rings is 2. The number of aryl methyl sites for hydroxylation is 2. The van der Waals surface area contributed by atoms with Crippen LogP contribution in [-0.2, 0) is 0 Å². The number of rotatable bonds is 6. The van der Waals surface area contributed by atoms with Gasteiger partial charge < -0.3 is 16.2 Å². The first-order valence-electron chi connectivity index (χ1n) is 10.2. The largest absolute Gasteiger partial charge is 0.388 e. The van der Waals surface area contributed by atoms with Gasteiger partial charge in [0.15, 0.2) is 5.65 Å². The Kier molecular flexibility index (Phi) is 5.68. The Morgan fingerprint density at radius 2 is 1.84 bits per heavy atom. The number of hydrogen-bond acceptors (Lipinski definition) is 5. The van der Waals surface area contributed by atoms with Crippen LogP contribution in [0.4, 0.5) is 5.95 Å². The van der Waals surface area contributed by atoms with Crippen LogP contribution in [0, 0.1) is 13.8 Å². The highest BCUT2D eigenvalue weighted by atomic mass is 16.3. The van der Waals surface area contributed by atoms with Crippen molar-refractivity contribution >= 4 is 17.5 Å². The Bertz CT molecular complexity index is 1230. The van der Waals surface area contributed by atoms with E-state index >= 15 is 0 Å². The van der Waals surface area contributed by atoms with Crippen molar-refractivity contribution < 1.29 is 9.90 Å². The number of anilines is 1. The van der Waals surface area contributed by atoms with Crippen molar-refractivity contribution in [1.29, 1.82) is 0 Å². The molecule has 2 heterocycles. The number of nitrogens with zero attached hydrogens (tertiary/aromatic N) is 3. The van der Waals surface area contributed by atoms with E-state index in [0.29, 0.717) is 24.2 Å². The summed E-state index contributed by atoms with van der Waals surface area (Å²) in [6.45, 7) is 4.29. The van der Waals surface area contributed by atoms with Crippen LogP contribution in [0.15, 0.2) is 60.8 Å². The number of aliphatic hydroxyl groups is 1. The predicted octanol–water partition coefficient (Wildman–Crippen LogP) is 3.45. The average molecular weight is 415 g/mol. The molecule has 2 aromatic carbocycles. The summed E-state index contributed by atoms with van der Waals surface area (Å²) in [6.07, 6.45) is 1.62. The maximum atomic E-state index is 12.8. The third-order valence-electron chi connectivity index (χ3n) is 5.33. The summed E-state index contributed by atoms with van der Waals surface area (Å²) in [4.78, 5) is 17.0. The molecule has 0 saturated carbocycles. The van der Waals surface area contributed by atoms with E-state index in [4.69, 9.17) is 5.73 Å². The fourth-order valence-electron chi connectivity index (χ4n) is 3.50. The van der Waals surface area contributed by atoms with E-state index in [0.717, 1.165) is 27.8 Å². The quantitative estimate of drug-likeness (QED) is 0.447. The molecule has 0 spiro atoms. The topological polar surface area (TPSA) is 106 Å². The number of nitrogens with two attached hydrogens (primary N) is 1. The lowest BCUT2D eigenvalue weighted by Crippen LogP contribution is -2.26. The molecule has 0 fully saturated rings. The normalized spacial score (nSPS) is 12.1. The maximum absolute atomic E-state index is 12.8. The van der Waals surface area contributed by atoms with Crippen LogP contribution < -0.4 is 11.1 Å². The second-order valence-corrected chi connectivity index (χ2v) is 7.69. The number of nitrogens with one attached hydrogen (secondary N) is 1. The predicted molar refractivity (Wildman–Crippen MR) is 121 cm³/mol. The van der Waals surface area contributed by atoms with E-state index in [1.165, 1.54) is 0 Å². The molecule has 7 heteroatoms. The van der Waals surface area contributed by atoms with E-state index < -0.39 is 6.10 Å². The molecule has 4 aromatic rings. The van der Waals surface area contributed by atoms with Gasteiger partial charge >= 0.3 is 0 Å². The second-order valence-electron chi connectivity index (χ2n) is 7.69. The highest BCUT2D eigenvalue weighted by molar-refractivity contribution is 5.97. The number of pyridine rings is 1.